The van der Waals surface area contributed by atoms with Crippen molar-refractivity contribution in [2.45, 2.75) is 151 Å². The molecule has 0 amide bonds. The smallest absolute Gasteiger partial charge is 0.290 e. The first kappa shape index (κ1) is 31.0. The minimum Gasteiger partial charge on any atom is -0.321 e. The topological polar surface area (TPSA) is 143 Å². The van der Waals surface area contributed by atoms with Crippen molar-refractivity contribution < 1.29 is 12.6 Å². The number of fused-ring (bicyclic) bond motifs is 20. The van der Waals surface area contributed by atoms with Crippen LogP contribution in [0.2, 0.25) is 5.54 Å². The van der Waals surface area contributed by atoms with Gasteiger partial charge in [0.1, 0.15) is 0 Å². The quantitative estimate of drug-likeness (QED) is 0.159. The zero-order chi connectivity index (χ0) is 30.1. The average Bonchev–Trinajstić information content (AvgIpc) is 3.79. The maximum atomic E-state index is 11.6. The zero-order valence-electron chi connectivity index (χ0n) is 26.8. The Hall–Kier alpha value is -0.0331. The van der Waals surface area contributed by atoms with Crippen LogP contribution < -0.4 is 42.5 Å². The van der Waals surface area contributed by atoms with Crippen LogP contribution in [0.3, 0.4) is 0 Å². The monoisotopic (exact) mass is 662 g/mol. The molecule has 5 aliphatic heterocycles. The normalized spacial score (nSPS) is 55.2. The van der Waals surface area contributed by atoms with Crippen LogP contribution in [0.25, 0.3) is 0 Å². The van der Waals surface area contributed by atoms with Gasteiger partial charge in [-0.2, -0.15) is 4.21 Å². The van der Waals surface area contributed by atoms with Gasteiger partial charge in [0.25, 0.3) is 11.4 Å². The van der Waals surface area contributed by atoms with Crippen molar-refractivity contribution in [2.75, 3.05) is 0 Å². The van der Waals surface area contributed by atoms with Crippen molar-refractivity contribution in [1.29, 1.82) is 0 Å². The van der Waals surface area contributed by atoms with Gasteiger partial charge in [-0.1, -0.05) is 51.4 Å². The van der Waals surface area contributed by atoms with E-state index in [-0.39, 0.29) is 18.5 Å². The molecule has 9 N–H and O–H groups in total. The summed E-state index contributed by atoms with van der Waals surface area (Å²) in [5.41, 5.74) is 0.396. The molecule has 11 nitrogen and oxygen atoms in total. The highest BCUT2D eigenvalue weighted by Crippen LogP contribution is 2.48. The molecule has 18 unspecified atom stereocenters. The number of hydrogen-bond donors (Lipinski definition) is 9. The van der Waals surface area contributed by atoms with Crippen LogP contribution in [-0.4, -0.2) is 67.9 Å². The molecule has 5 saturated heterocycles. The molecular weight excluding hydrogens is 605 g/mol. The summed E-state index contributed by atoms with van der Waals surface area (Å²) in [6, 6.07) is 0. The predicted molar refractivity (Wildman–Crippen MR) is 177 cm³/mol. The third kappa shape index (κ3) is 5.76. The highest BCUT2D eigenvalue weighted by atomic mass is 32.2. The van der Waals surface area contributed by atoms with Crippen LogP contribution in [0.5, 0.6) is 0 Å². The third-order valence-corrected chi connectivity index (χ3v) is 17.1. The average molecular weight is 663 g/mol. The number of nitrogens with one attached hydrogen (secondary N) is 8. The van der Waals surface area contributed by atoms with E-state index in [1.807, 2.05) is 0 Å². The Kier molecular flexibility index (Phi) is 8.96. The van der Waals surface area contributed by atoms with Crippen molar-refractivity contribution >= 4 is 21.1 Å². The molecule has 9 fully saturated rings. The number of hydrogen-bond acceptors (Lipinski definition) is 10. The molecule has 4 aliphatic carbocycles. The number of rotatable bonds is 3. The van der Waals surface area contributed by atoms with E-state index in [1.165, 1.54) is 89.9 Å². The van der Waals surface area contributed by atoms with E-state index in [0.717, 1.165) is 6.42 Å². The Balaban J connectivity index is 1.05. The van der Waals surface area contributed by atoms with Gasteiger partial charge in [-0.05, 0) is 97.8 Å². The van der Waals surface area contributed by atoms with Gasteiger partial charge >= 0.3 is 0 Å². The van der Waals surface area contributed by atoms with Crippen LogP contribution in [-0.2, 0) is 15.2 Å². The summed E-state index contributed by atoms with van der Waals surface area (Å²) in [7, 11) is -1.15. The van der Waals surface area contributed by atoms with Gasteiger partial charge in [0.05, 0.1) is 49.3 Å². The SMILES string of the molecule is O=S(O)O[SiH2]C1CCCC2C3NC4NC(NC5NC(NC6NC(NC(N3)C12)C1CCCCC61)C1CCCCC51)C1CCCCC41. The summed E-state index contributed by atoms with van der Waals surface area (Å²) in [4.78, 5) is 0. The summed E-state index contributed by atoms with van der Waals surface area (Å²) in [5.74, 6) is 4.86. The predicted octanol–water partition coefficient (Wildman–Crippen LogP) is 1.24. The lowest BCUT2D eigenvalue weighted by molar-refractivity contribution is 0.166. The second-order valence-corrected chi connectivity index (χ2v) is 19.2. The zero-order valence-corrected chi connectivity index (χ0v) is 29.0. The van der Waals surface area contributed by atoms with Crippen molar-refractivity contribution in [1.82, 2.24) is 42.5 Å². The summed E-state index contributed by atoms with van der Waals surface area (Å²) in [5, 5.41) is 33.5. The molecule has 5 heterocycles. The Bertz CT molecular complexity index is 1100. The van der Waals surface area contributed by atoms with Gasteiger partial charge < -0.3 is 3.87 Å². The Morgan fingerprint density at radius 2 is 0.756 bits per heavy atom. The van der Waals surface area contributed by atoms with Gasteiger partial charge in [-0.25, -0.2) is 0 Å². The van der Waals surface area contributed by atoms with Crippen molar-refractivity contribution in [2.24, 2.45) is 47.3 Å². The van der Waals surface area contributed by atoms with Crippen LogP contribution in [0.1, 0.15) is 96.3 Å². The minimum atomic E-state index is -2.16. The lowest BCUT2D eigenvalue weighted by Gasteiger charge is -2.39. The van der Waals surface area contributed by atoms with Gasteiger partial charge in [-0.15, -0.1) is 0 Å². The fraction of sp³-hybridized carbons (Fsp3) is 1.00. The molecule has 9 aliphatic rings. The first-order chi connectivity index (χ1) is 22.1. The minimum absolute atomic E-state index is 0.168. The largest absolute Gasteiger partial charge is 0.321 e. The van der Waals surface area contributed by atoms with Crippen LogP contribution in [0.15, 0.2) is 0 Å². The Labute approximate surface area is 274 Å². The highest BCUT2D eigenvalue weighted by Gasteiger charge is 2.55. The third-order valence-electron chi connectivity index (χ3n) is 14.4. The molecule has 0 aromatic heterocycles. The molecule has 254 valence electrons. The van der Waals surface area contributed by atoms with Gasteiger partial charge in [0.2, 0.25) is 0 Å². The molecule has 0 aromatic rings. The summed E-state index contributed by atoms with van der Waals surface area (Å²) in [6.07, 6.45) is 21.7. The van der Waals surface area contributed by atoms with Gasteiger partial charge in [-0.3, -0.25) is 47.1 Å². The maximum absolute atomic E-state index is 11.6. The van der Waals surface area contributed by atoms with Crippen LogP contribution in [0.4, 0.5) is 0 Å². The second-order valence-electron chi connectivity index (χ2n) is 16.4. The summed E-state index contributed by atoms with van der Waals surface area (Å²) >= 11 is -2.16. The lowest BCUT2D eigenvalue weighted by Crippen LogP contribution is -2.61. The van der Waals surface area contributed by atoms with Gasteiger partial charge in [0, 0.05) is 0 Å². The van der Waals surface area contributed by atoms with Crippen molar-refractivity contribution in [3.05, 3.63) is 0 Å². The van der Waals surface area contributed by atoms with E-state index in [4.69, 9.17) is 3.87 Å². The first-order valence-corrected chi connectivity index (χ1v) is 21.4. The first-order valence-electron chi connectivity index (χ1n) is 18.9. The molecule has 9 rings (SSSR count). The Morgan fingerprint density at radius 3 is 1.11 bits per heavy atom. The van der Waals surface area contributed by atoms with E-state index in [9.17, 15) is 8.76 Å². The fourth-order valence-corrected chi connectivity index (χ4v) is 15.0. The standard InChI is InChI=1S/C32H58N8O3SSi/c41-44(42)43-45-23-15-7-14-22-24(23)32-39-30-21-13-6-5-12-20(21)28(37-30)35-26-17-9-2-1-8-16(17)25(33-26)34-27-18-10-3-4-11-19(18)29(36-27)38-31(22)40-32/h16-40H,1-15,45H2,(H,41,42). The van der Waals surface area contributed by atoms with E-state index in [2.05, 4.69) is 42.5 Å². The highest BCUT2D eigenvalue weighted by molar-refractivity contribution is 7.75. The molecule has 8 bridgehead atoms. The fourth-order valence-electron chi connectivity index (χ4n) is 12.5. The van der Waals surface area contributed by atoms with Crippen molar-refractivity contribution in [3.8, 4) is 0 Å². The van der Waals surface area contributed by atoms with Crippen molar-refractivity contribution in [3.63, 3.8) is 0 Å². The van der Waals surface area contributed by atoms with Crippen LogP contribution >= 0.6 is 0 Å². The van der Waals surface area contributed by atoms with E-state index in [0.29, 0.717) is 83.7 Å². The lowest BCUT2D eigenvalue weighted by atomic mass is 9.76. The summed E-state index contributed by atoms with van der Waals surface area (Å²) in [6.45, 7) is 0. The molecule has 0 spiro atoms. The molecule has 4 saturated carbocycles. The molecule has 18 atom stereocenters. The van der Waals surface area contributed by atoms with E-state index < -0.39 is 21.1 Å². The summed E-state index contributed by atoms with van der Waals surface area (Å²) < 4.78 is 26.7. The molecule has 13 heteroatoms. The maximum Gasteiger partial charge on any atom is 0.290 e. The van der Waals surface area contributed by atoms with E-state index >= 15 is 0 Å². The molecular formula is C32H58N8O3SSi. The Morgan fingerprint density at radius 1 is 0.444 bits per heavy atom. The second kappa shape index (κ2) is 13.0. The molecule has 0 aromatic carbocycles. The molecule has 0 radical (unpaired) electrons. The van der Waals surface area contributed by atoms with Crippen LogP contribution in [0, 0.1) is 47.3 Å². The van der Waals surface area contributed by atoms with Gasteiger partial charge in [0.15, 0.2) is 9.76 Å². The molecule has 45 heavy (non-hydrogen) atoms. The van der Waals surface area contributed by atoms with E-state index in [1.54, 1.807) is 0 Å².